The molecule has 1 fully saturated rings. The van der Waals surface area contributed by atoms with E-state index in [0.717, 1.165) is 22.4 Å². The van der Waals surface area contributed by atoms with Gasteiger partial charge in [0.2, 0.25) is 0 Å². The van der Waals surface area contributed by atoms with Crippen LogP contribution in [0.25, 0.3) is 11.3 Å². The Morgan fingerprint density at radius 3 is 2.62 bits per heavy atom. The van der Waals surface area contributed by atoms with Crippen molar-refractivity contribution in [3.8, 4) is 11.3 Å². The highest BCUT2D eigenvalue weighted by Gasteiger charge is 2.40. The van der Waals surface area contributed by atoms with E-state index in [-0.39, 0.29) is 5.91 Å². The number of nitrogens with one attached hydrogen (secondary N) is 1. The fourth-order valence-electron chi connectivity index (χ4n) is 3.67. The van der Waals surface area contributed by atoms with Crippen molar-refractivity contribution >= 4 is 5.91 Å². The Balaban J connectivity index is 1.52. The molecule has 1 aliphatic rings. The lowest BCUT2D eigenvalue weighted by Gasteiger charge is -2.25. The molecule has 0 spiro atoms. The molecular formula is C21H21N3O2. The number of carbonyl (C=O) groups excluding carboxylic acids is 1. The molecule has 0 bridgehead atoms. The number of hydrogen-bond acceptors (Lipinski definition) is 3. The number of aryl methyl sites for hydroxylation is 1. The minimum atomic E-state index is -0.975. The van der Waals surface area contributed by atoms with Gasteiger partial charge in [-0.3, -0.25) is 9.89 Å². The predicted molar refractivity (Wildman–Crippen MR) is 99.6 cm³/mol. The van der Waals surface area contributed by atoms with Crippen LogP contribution in [0.15, 0.2) is 60.8 Å². The van der Waals surface area contributed by atoms with E-state index >= 15 is 0 Å². The molecule has 1 saturated heterocycles. The Morgan fingerprint density at radius 1 is 1.15 bits per heavy atom. The van der Waals surface area contributed by atoms with E-state index in [1.54, 1.807) is 11.1 Å². The van der Waals surface area contributed by atoms with Gasteiger partial charge in [0.25, 0.3) is 5.91 Å². The Labute approximate surface area is 152 Å². The molecule has 0 saturated carbocycles. The van der Waals surface area contributed by atoms with Crippen LogP contribution in [0.1, 0.15) is 27.9 Å². The van der Waals surface area contributed by atoms with Crippen molar-refractivity contribution in [1.82, 2.24) is 15.1 Å². The minimum Gasteiger partial charge on any atom is -0.383 e. The van der Waals surface area contributed by atoms with Crippen molar-refractivity contribution in [3.05, 3.63) is 77.5 Å². The van der Waals surface area contributed by atoms with Crippen LogP contribution >= 0.6 is 0 Å². The van der Waals surface area contributed by atoms with Gasteiger partial charge in [0.1, 0.15) is 5.60 Å². The second kappa shape index (κ2) is 6.42. The summed E-state index contributed by atoms with van der Waals surface area (Å²) in [5, 5.41) is 17.9. The summed E-state index contributed by atoms with van der Waals surface area (Å²) in [4.78, 5) is 14.6. The Hall–Kier alpha value is -2.92. The number of aromatic nitrogens is 2. The first kappa shape index (κ1) is 16.5. The van der Waals surface area contributed by atoms with Gasteiger partial charge in [0.05, 0.1) is 12.2 Å². The first-order chi connectivity index (χ1) is 12.6. The molecule has 1 unspecified atom stereocenters. The second-order valence-electron chi connectivity index (χ2n) is 6.87. The lowest BCUT2D eigenvalue weighted by atomic mass is 9.89. The topological polar surface area (TPSA) is 69.2 Å². The van der Waals surface area contributed by atoms with Crippen LogP contribution < -0.4 is 0 Å². The summed E-state index contributed by atoms with van der Waals surface area (Å²) in [6.45, 7) is 2.86. The SMILES string of the molecule is Cc1ccccc1C1(O)CCN(C(=O)c2ccc(-c3ccn[nH]3)cc2)C1. The van der Waals surface area contributed by atoms with E-state index in [4.69, 9.17) is 0 Å². The second-order valence-corrected chi connectivity index (χ2v) is 6.87. The van der Waals surface area contributed by atoms with E-state index in [1.165, 1.54) is 0 Å². The summed E-state index contributed by atoms with van der Waals surface area (Å²) in [5.41, 5.74) is 3.51. The highest BCUT2D eigenvalue weighted by Crippen LogP contribution is 2.34. The number of benzene rings is 2. The molecule has 2 N–H and O–H groups in total. The molecular weight excluding hydrogens is 326 g/mol. The highest BCUT2D eigenvalue weighted by atomic mass is 16.3. The van der Waals surface area contributed by atoms with Crippen LogP contribution in [0, 0.1) is 6.92 Å². The van der Waals surface area contributed by atoms with Gasteiger partial charge in [0.15, 0.2) is 0 Å². The number of hydrogen-bond donors (Lipinski definition) is 2. The van der Waals surface area contributed by atoms with Crippen LogP contribution in [0.3, 0.4) is 0 Å². The molecule has 132 valence electrons. The van der Waals surface area contributed by atoms with Gasteiger partial charge in [-0.2, -0.15) is 5.10 Å². The van der Waals surface area contributed by atoms with E-state index in [2.05, 4.69) is 10.2 Å². The molecule has 1 aromatic heterocycles. The summed E-state index contributed by atoms with van der Waals surface area (Å²) >= 11 is 0. The first-order valence-electron chi connectivity index (χ1n) is 8.74. The Bertz CT molecular complexity index is 919. The number of carbonyl (C=O) groups is 1. The third-order valence-electron chi connectivity index (χ3n) is 5.12. The zero-order valence-electron chi connectivity index (χ0n) is 14.6. The predicted octanol–water partition coefficient (Wildman–Crippen LogP) is 3.12. The van der Waals surface area contributed by atoms with E-state index in [9.17, 15) is 9.90 Å². The maximum absolute atomic E-state index is 12.8. The van der Waals surface area contributed by atoms with Gasteiger partial charge in [-0.05, 0) is 48.2 Å². The molecule has 5 heteroatoms. The summed E-state index contributed by atoms with van der Waals surface area (Å²) < 4.78 is 0. The molecule has 2 aromatic carbocycles. The molecule has 0 radical (unpaired) electrons. The molecule has 5 nitrogen and oxygen atoms in total. The van der Waals surface area contributed by atoms with Crippen molar-refractivity contribution < 1.29 is 9.90 Å². The summed E-state index contributed by atoms with van der Waals surface area (Å²) in [5.74, 6) is -0.0503. The highest BCUT2D eigenvalue weighted by molar-refractivity contribution is 5.95. The standard InChI is InChI=1S/C21H21N3O2/c1-15-4-2-3-5-18(15)21(26)11-13-24(14-21)20(25)17-8-6-16(7-9-17)19-10-12-22-23-19/h2-10,12,26H,11,13-14H2,1H3,(H,22,23). The third-order valence-corrected chi connectivity index (χ3v) is 5.12. The number of β-amino-alcohol motifs (C(OH)–C–C–N with tert-alkyl or cyclic N) is 1. The van der Waals surface area contributed by atoms with Crippen LogP contribution in [-0.2, 0) is 5.60 Å². The molecule has 1 atom stereocenters. The van der Waals surface area contributed by atoms with Gasteiger partial charge in [-0.15, -0.1) is 0 Å². The van der Waals surface area contributed by atoms with Crippen molar-refractivity contribution in [1.29, 1.82) is 0 Å². The summed E-state index contributed by atoms with van der Waals surface area (Å²) in [7, 11) is 0. The van der Waals surface area contributed by atoms with Gasteiger partial charge in [-0.1, -0.05) is 36.4 Å². The molecule has 26 heavy (non-hydrogen) atoms. The number of aromatic amines is 1. The van der Waals surface area contributed by atoms with Crippen LogP contribution in [0.5, 0.6) is 0 Å². The van der Waals surface area contributed by atoms with Gasteiger partial charge >= 0.3 is 0 Å². The maximum Gasteiger partial charge on any atom is 0.253 e. The number of nitrogens with zero attached hydrogens (tertiary/aromatic N) is 2. The van der Waals surface area contributed by atoms with Crippen LogP contribution in [0.2, 0.25) is 0 Å². The van der Waals surface area contributed by atoms with Crippen molar-refractivity contribution in [2.75, 3.05) is 13.1 Å². The lowest BCUT2D eigenvalue weighted by molar-refractivity contribution is 0.0412. The smallest absolute Gasteiger partial charge is 0.253 e. The number of aliphatic hydroxyl groups is 1. The molecule has 2 heterocycles. The molecule has 3 aromatic rings. The third kappa shape index (κ3) is 2.91. The Morgan fingerprint density at radius 2 is 1.92 bits per heavy atom. The van der Waals surface area contributed by atoms with Crippen molar-refractivity contribution in [2.45, 2.75) is 18.9 Å². The minimum absolute atomic E-state index is 0.0503. The zero-order valence-corrected chi connectivity index (χ0v) is 14.6. The molecule has 1 amide bonds. The van der Waals surface area contributed by atoms with E-state index in [0.29, 0.717) is 25.1 Å². The van der Waals surface area contributed by atoms with Crippen molar-refractivity contribution in [2.24, 2.45) is 0 Å². The first-order valence-corrected chi connectivity index (χ1v) is 8.74. The van der Waals surface area contributed by atoms with Gasteiger partial charge in [-0.25, -0.2) is 0 Å². The largest absolute Gasteiger partial charge is 0.383 e. The molecule has 0 aliphatic carbocycles. The van der Waals surface area contributed by atoms with Crippen molar-refractivity contribution in [3.63, 3.8) is 0 Å². The fraction of sp³-hybridized carbons (Fsp3) is 0.238. The maximum atomic E-state index is 12.8. The van der Waals surface area contributed by atoms with Crippen LogP contribution in [0.4, 0.5) is 0 Å². The van der Waals surface area contributed by atoms with E-state index < -0.39 is 5.60 Å². The Kier molecular flexibility index (Phi) is 4.09. The average molecular weight is 347 g/mol. The van der Waals surface area contributed by atoms with Crippen LogP contribution in [-0.4, -0.2) is 39.2 Å². The number of amides is 1. The van der Waals surface area contributed by atoms with E-state index in [1.807, 2.05) is 61.5 Å². The monoisotopic (exact) mass is 347 g/mol. The van der Waals surface area contributed by atoms with Gasteiger partial charge < -0.3 is 10.0 Å². The fourth-order valence-corrected chi connectivity index (χ4v) is 3.67. The zero-order chi connectivity index (χ0) is 18.1. The average Bonchev–Trinajstić information content (AvgIpc) is 3.32. The van der Waals surface area contributed by atoms with Gasteiger partial charge in [0, 0.05) is 18.3 Å². The summed E-state index contributed by atoms with van der Waals surface area (Å²) in [6.07, 6.45) is 2.25. The summed E-state index contributed by atoms with van der Waals surface area (Å²) in [6, 6.07) is 17.2. The normalized spacial score (nSPS) is 19.7. The molecule has 4 rings (SSSR count). The number of likely N-dealkylation sites (tertiary alicyclic amines) is 1. The molecule has 1 aliphatic heterocycles. The quantitative estimate of drug-likeness (QED) is 0.765. The number of H-pyrrole nitrogens is 1. The number of rotatable bonds is 3. The lowest BCUT2D eigenvalue weighted by Crippen LogP contribution is -2.34.